The van der Waals surface area contributed by atoms with E-state index in [1.54, 1.807) is 0 Å². The van der Waals surface area contributed by atoms with Gasteiger partial charge in [-0.25, -0.2) is 0 Å². The molecule has 0 saturated carbocycles. The summed E-state index contributed by atoms with van der Waals surface area (Å²) in [5, 5.41) is 3.20. The summed E-state index contributed by atoms with van der Waals surface area (Å²) in [4.78, 5) is 8.60. The van der Waals surface area contributed by atoms with Gasteiger partial charge in [-0.3, -0.25) is 9.98 Å². The van der Waals surface area contributed by atoms with Gasteiger partial charge >= 0.3 is 0 Å². The summed E-state index contributed by atoms with van der Waals surface area (Å²) < 4.78 is 0. The fourth-order valence-corrected chi connectivity index (χ4v) is 1.31. The molecule has 1 aliphatic heterocycles. The van der Waals surface area contributed by atoms with Gasteiger partial charge in [-0.1, -0.05) is 19.9 Å². The van der Waals surface area contributed by atoms with E-state index in [-0.39, 0.29) is 6.17 Å². The van der Waals surface area contributed by atoms with Crippen LogP contribution >= 0.6 is 0 Å². The fraction of sp³-hybridized carbons (Fsp3) is 0.385. The van der Waals surface area contributed by atoms with Gasteiger partial charge < -0.3 is 5.32 Å². The molecule has 0 spiro atoms. The smallest absolute Gasteiger partial charge is 0.145 e. The highest BCUT2D eigenvalue weighted by Crippen LogP contribution is 2.16. The molecule has 1 atom stereocenters. The molecule has 2 heterocycles. The van der Waals surface area contributed by atoms with Crippen molar-refractivity contribution >= 4 is 6.21 Å². The van der Waals surface area contributed by atoms with E-state index in [4.69, 9.17) is 0 Å². The van der Waals surface area contributed by atoms with Crippen LogP contribution < -0.4 is 5.32 Å². The summed E-state index contributed by atoms with van der Waals surface area (Å²) in [5.74, 6) is 0. The number of aliphatic imine (C=N–C) groups is 1. The summed E-state index contributed by atoms with van der Waals surface area (Å²) in [6.07, 6.45) is 5.73. The predicted octanol–water partition coefficient (Wildman–Crippen LogP) is 2.99. The monoisotopic (exact) mass is 217 g/mol. The number of aromatic nitrogens is 1. The number of allylic oxidation sites excluding steroid dienone is 1. The number of pyridine rings is 1. The normalized spacial score (nSPS) is 18.0. The van der Waals surface area contributed by atoms with Crippen LogP contribution in [-0.4, -0.2) is 11.2 Å². The molecule has 1 aromatic heterocycles. The molecule has 2 rings (SSSR count). The van der Waals surface area contributed by atoms with Crippen LogP contribution in [0.4, 0.5) is 0 Å². The minimum Gasteiger partial charge on any atom is -0.366 e. The lowest BCUT2D eigenvalue weighted by molar-refractivity contribution is 0.645. The second kappa shape index (κ2) is 6.05. The highest BCUT2D eigenvalue weighted by atomic mass is 15.1. The number of nitrogens with zero attached hydrogens (tertiary/aromatic N) is 2. The molecule has 86 valence electrons. The summed E-state index contributed by atoms with van der Waals surface area (Å²) >= 11 is 0. The maximum Gasteiger partial charge on any atom is 0.145 e. The molecule has 0 aliphatic carbocycles. The van der Waals surface area contributed by atoms with E-state index < -0.39 is 0 Å². The van der Waals surface area contributed by atoms with E-state index in [9.17, 15) is 0 Å². The summed E-state index contributed by atoms with van der Waals surface area (Å²) in [7, 11) is 0. The molecule has 1 N–H and O–H groups in total. The second-order valence-corrected chi connectivity index (χ2v) is 3.47. The minimum absolute atomic E-state index is 0.0202. The van der Waals surface area contributed by atoms with E-state index in [0.717, 1.165) is 16.8 Å². The van der Waals surface area contributed by atoms with Gasteiger partial charge in [0.05, 0.1) is 0 Å². The van der Waals surface area contributed by atoms with Crippen LogP contribution in [0, 0.1) is 6.92 Å². The average molecular weight is 217 g/mol. The molecule has 0 radical (unpaired) electrons. The molecule has 16 heavy (non-hydrogen) atoms. The first kappa shape index (κ1) is 12.4. The van der Waals surface area contributed by atoms with Gasteiger partial charge in [-0.2, -0.15) is 0 Å². The maximum absolute atomic E-state index is 4.37. The lowest BCUT2D eigenvalue weighted by Crippen LogP contribution is -2.17. The molecule has 1 aliphatic rings. The summed E-state index contributed by atoms with van der Waals surface area (Å²) in [6, 6.07) is 4.05. The Morgan fingerprint density at radius 2 is 1.94 bits per heavy atom. The summed E-state index contributed by atoms with van der Waals surface area (Å²) in [6.45, 7) is 7.99. The minimum atomic E-state index is 0.0202. The number of hydrogen-bond acceptors (Lipinski definition) is 3. The van der Waals surface area contributed by atoms with Crippen molar-refractivity contribution in [3.63, 3.8) is 0 Å². The van der Waals surface area contributed by atoms with Gasteiger partial charge in [0.25, 0.3) is 0 Å². The SMILES string of the molecule is CC.CC1=CNC(c2ccc(C)nc2)N=C1. The first-order valence-electron chi connectivity index (χ1n) is 5.64. The van der Waals surface area contributed by atoms with Crippen LogP contribution in [0.3, 0.4) is 0 Å². The molecule has 0 fully saturated rings. The Hall–Kier alpha value is -1.64. The van der Waals surface area contributed by atoms with E-state index in [0.29, 0.717) is 0 Å². The molecule has 3 nitrogen and oxygen atoms in total. The Morgan fingerprint density at radius 3 is 2.44 bits per heavy atom. The lowest BCUT2D eigenvalue weighted by Gasteiger charge is -2.16. The largest absolute Gasteiger partial charge is 0.366 e. The molecule has 0 saturated heterocycles. The van der Waals surface area contributed by atoms with E-state index in [1.807, 2.05) is 58.4 Å². The van der Waals surface area contributed by atoms with Crippen molar-refractivity contribution in [3.05, 3.63) is 41.4 Å². The zero-order valence-electron chi connectivity index (χ0n) is 10.4. The zero-order chi connectivity index (χ0) is 12.0. The van der Waals surface area contributed by atoms with Gasteiger partial charge in [0, 0.05) is 29.9 Å². The van der Waals surface area contributed by atoms with Crippen LogP contribution in [0.1, 0.15) is 38.2 Å². The second-order valence-electron chi connectivity index (χ2n) is 3.47. The Kier molecular flexibility index (Phi) is 4.70. The Balaban J connectivity index is 0.000000606. The standard InChI is InChI=1S/C11H13N3.C2H6/c1-8-5-13-11(14-6-8)10-4-3-9(2)12-7-10;1-2/h3-7,11,13H,1-2H3;1-2H3. The average Bonchev–Trinajstić information content (AvgIpc) is 2.34. The fourth-order valence-electron chi connectivity index (χ4n) is 1.31. The maximum atomic E-state index is 4.37. The third kappa shape index (κ3) is 3.19. The molecule has 0 aromatic carbocycles. The van der Waals surface area contributed by atoms with E-state index in [2.05, 4.69) is 15.3 Å². The first-order chi connectivity index (χ1) is 7.75. The molecule has 1 aromatic rings. The summed E-state index contributed by atoms with van der Waals surface area (Å²) in [5.41, 5.74) is 3.26. The lowest BCUT2D eigenvalue weighted by atomic mass is 10.2. The van der Waals surface area contributed by atoms with Gasteiger partial charge in [0.2, 0.25) is 0 Å². The predicted molar refractivity (Wildman–Crippen MR) is 68.4 cm³/mol. The number of nitrogens with one attached hydrogen (secondary N) is 1. The zero-order valence-corrected chi connectivity index (χ0v) is 10.4. The third-order valence-electron chi connectivity index (χ3n) is 2.15. The topological polar surface area (TPSA) is 37.3 Å². The van der Waals surface area contributed by atoms with Crippen molar-refractivity contribution in [1.82, 2.24) is 10.3 Å². The van der Waals surface area contributed by atoms with E-state index >= 15 is 0 Å². The number of hydrogen-bond donors (Lipinski definition) is 1. The molecule has 0 amide bonds. The van der Waals surface area contributed by atoms with Crippen LogP contribution in [-0.2, 0) is 0 Å². The van der Waals surface area contributed by atoms with Gasteiger partial charge in [-0.15, -0.1) is 0 Å². The first-order valence-corrected chi connectivity index (χ1v) is 5.64. The molecule has 1 unspecified atom stereocenters. The van der Waals surface area contributed by atoms with Gasteiger partial charge in [0.1, 0.15) is 6.17 Å². The Morgan fingerprint density at radius 1 is 1.19 bits per heavy atom. The molecule has 3 heteroatoms. The van der Waals surface area contributed by atoms with Crippen molar-refractivity contribution in [2.24, 2.45) is 4.99 Å². The Labute approximate surface area is 97.3 Å². The van der Waals surface area contributed by atoms with Crippen molar-refractivity contribution < 1.29 is 0 Å². The highest BCUT2D eigenvalue weighted by Gasteiger charge is 2.09. The van der Waals surface area contributed by atoms with Crippen molar-refractivity contribution in [3.8, 4) is 0 Å². The Bertz CT molecular complexity index is 377. The van der Waals surface area contributed by atoms with Crippen molar-refractivity contribution in [2.45, 2.75) is 33.9 Å². The van der Waals surface area contributed by atoms with Gasteiger partial charge in [0.15, 0.2) is 0 Å². The third-order valence-corrected chi connectivity index (χ3v) is 2.15. The molecular formula is C13H19N3. The van der Waals surface area contributed by atoms with Crippen LogP contribution in [0.5, 0.6) is 0 Å². The van der Waals surface area contributed by atoms with Crippen molar-refractivity contribution in [1.29, 1.82) is 0 Å². The molecular weight excluding hydrogens is 198 g/mol. The number of aryl methyl sites for hydroxylation is 1. The van der Waals surface area contributed by atoms with Crippen LogP contribution in [0.15, 0.2) is 35.1 Å². The van der Waals surface area contributed by atoms with Crippen LogP contribution in [0.25, 0.3) is 0 Å². The number of rotatable bonds is 1. The quantitative estimate of drug-likeness (QED) is 0.785. The van der Waals surface area contributed by atoms with Crippen LogP contribution in [0.2, 0.25) is 0 Å². The molecule has 0 bridgehead atoms. The highest BCUT2D eigenvalue weighted by molar-refractivity contribution is 5.78. The van der Waals surface area contributed by atoms with E-state index in [1.165, 1.54) is 0 Å². The van der Waals surface area contributed by atoms with Gasteiger partial charge in [-0.05, 0) is 25.5 Å². The van der Waals surface area contributed by atoms with Crippen molar-refractivity contribution in [2.75, 3.05) is 0 Å².